The zero-order valence-electron chi connectivity index (χ0n) is 17.4. The standard InChI is InChI=1S/C22H33BrN4O/c1-4-17-18(26-27-21(17)24)13-14-19(28)22(3,5-2)15-8-6-7-10-16-11-9-12-20(23)25-16/h9,11-12H,4-8,10,13-15H2,1-3H3,(H3,24,26,27). The molecule has 0 aliphatic rings. The van der Waals surface area contributed by atoms with E-state index in [1.165, 1.54) is 0 Å². The molecular formula is C22H33BrN4O. The molecule has 0 bridgehead atoms. The Labute approximate surface area is 177 Å². The van der Waals surface area contributed by atoms with Crippen molar-refractivity contribution < 1.29 is 4.79 Å². The average molecular weight is 449 g/mol. The summed E-state index contributed by atoms with van der Waals surface area (Å²) in [6.07, 6.45) is 8.17. The van der Waals surface area contributed by atoms with Crippen LogP contribution in [0.4, 0.5) is 5.82 Å². The second kappa shape index (κ2) is 10.7. The normalized spacial score (nSPS) is 13.4. The minimum absolute atomic E-state index is 0.244. The molecule has 0 radical (unpaired) electrons. The number of anilines is 1. The number of ketones is 1. The Kier molecular flexibility index (Phi) is 8.67. The van der Waals surface area contributed by atoms with Gasteiger partial charge in [-0.05, 0) is 66.6 Å². The smallest absolute Gasteiger partial charge is 0.148 e. The van der Waals surface area contributed by atoms with E-state index in [-0.39, 0.29) is 5.41 Å². The number of aromatic amines is 1. The molecule has 0 aliphatic heterocycles. The van der Waals surface area contributed by atoms with E-state index in [4.69, 9.17) is 5.73 Å². The van der Waals surface area contributed by atoms with E-state index in [1.54, 1.807) is 0 Å². The topological polar surface area (TPSA) is 84.7 Å². The summed E-state index contributed by atoms with van der Waals surface area (Å²) < 4.78 is 0.888. The molecule has 0 aliphatic carbocycles. The molecule has 5 nitrogen and oxygen atoms in total. The molecule has 0 spiro atoms. The van der Waals surface area contributed by atoms with Gasteiger partial charge in [-0.25, -0.2) is 4.98 Å². The summed E-state index contributed by atoms with van der Waals surface area (Å²) in [5.41, 5.74) is 8.81. The van der Waals surface area contributed by atoms with Crippen LogP contribution >= 0.6 is 15.9 Å². The predicted octanol–water partition coefficient (Wildman–Crippen LogP) is 5.43. The van der Waals surface area contributed by atoms with E-state index >= 15 is 0 Å². The van der Waals surface area contributed by atoms with Gasteiger partial charge in [-0.1, -0.05) is 39.7 Å². The van der Waals surface area contributed by atoms with Crippen LogP contribution in [0.25, 0.3) is 0 Å². The third-order valence-electron chi connectivity index (χ3n) is 5.83. The summed E-state index contributed by atoms with van der Waals surface area (Å²) in [4.78, 5) is 17.4. The Balaban J connectivity index is 1.78. The Bertz CT molecular complexity index is 774. The SMILES string of the molecule is CCc1c(N)n[nH]c1CCC(=O)C(C)(CC)CCCCCc1cccc(Br)n1. The van der Waals surface area contributed by atoms with E-state index in [9.17, 15) is 4.79 Å². The molecule has 0 aromatic carbocycles. The number of rotatable bonds is 12. The highest BCUT2D eigenvalue weighted by Gasteiger charge is 2.30. The van der Waals surface area contributed by atoms with E-state index in [2.05, 4.69) is 57.9 Å². The fourth-order valence-corrected chi connectivity index (χ4v) is 4.04. The van der Waals surface area contributed by atoms with Crippen molar-refractivity contribution in [1.29, 1.82) is 0 Å². The van der Waals surface area contributed by atoms with Crippen molar-refractivity contribution in [1.82, 2.24) is 15.2 Å². The van der Waals surface area contributed by atoms with Crippen LogP contribution in [0, 0.1) is 5.41 Å². The van der Waals surface area contributed by atoms with Crippen LogP contribution < -0.4 is 5.73 Å². The number of pyridine rings is 1. The van der Waals surface area contributed by atoms with Crippen LogP contribution in [0.5, 0.6) is 0 Å². The molecule has 1 atom stereocenters. The number of nitrogen functional groups attached to an aromatic ring is 1. The van der Waals surface area contributed by atoms with Crippen molar-refractivity contribution in [3.63, 3.8) is 0 Å². The van der Waals surface area contributed by atoms with Gasteiger partial charge in [0.1, 0.15) is 16.2 Å². The molecule has 28 heavy (non-hydrogen) atoms. The van der Waals surface area contributed by atoms with Crippen LogP contribution in [0.1, 0.15) is 76.2 Å². The van der Waals surface area contributed by atoms with Gasteiger partial charge in [0.15, 0.2) is 0 Å². The van der Waals surface area contributed by atoms with Crippen LogP contribution in [0.3, 0.4) is 0 Å². The summed E-state index contributed by atoms with van der Waals surface area (Å²) in [5.74, 6) is 0.905. The number of nitrogens with one attached hydrogen (secondary N) is 1. The highest BCUT2D eigenvalue weighted by molar-refractivity contribution is 9.10. The highest BCUT2D eigenvalue weighted by atomic mass is 79.9. The number of unbranched alkanes of at least 4 members (excludes halogenated alkanes) is 2. The zero-order chi connectivity index (χ0) is 20.6. The number of hydrogen-bond acceptors (Lipinski definition) is 4. The third kappa shape index (κ3) is 6.16. The number of halogens is 1. The Hall–Kier alpha value is -1.69. The maximum atomic E-state index is 12.9. The van der Waals surface area contributed by atoms with E-state index in [1.807, 2.05) is 12.1 Å². The fraction of sp³-hybridized carbons (Fsp3) is 0.591. The van der Waals surface area contributed by atoms with Gasteiger partial charge in [0, 0.05) is 28.8 Å². The zero-order valence-corrected chi connectivity index (χ0v) is 18.9. The van der Waals surface area contributed by atoms with Crippen molar-refractivity contribution in [2.45, 2.75) is 78.6 Å². The third-order valence-corrected chi connectivity index (χ3v) is 6.27. The monoisotopic (exact) mass is 448 g/mol. The maximum absolute atomic E-state index is 12.9. The summed E-state index contributed by atoms with van der Waals surface area (Å²) in [6.45, 7) is 6.30. The second-order valence-corrected chi connectivity index (χ2v) is 8.58. The number of Topliss-reactive ketones (excluding diaryl/α,β-unsaturated/α-hetero) is 1. The van der Waals surface area contributed by atoms with Crippen LogP contribution in [0.15, 0.2) is 22.8 Å². The number of carbonyl (C=O) groups is 1. The van der Waals surface area contributed by atoms with E-state index < -0.39 is 0 Å². The Morgan fingerprint density at radius 2 is 2.00 bits per heavy atom. The Morgan fingerprint density at radius 3 is 2.68 bits per heavy atom. The molecule has 154 valence electrons. The van der Waals surface area contributed by atoms with Crippen LogP contribution in [-0.2, 0) is 24.1 Å². The first kappa shape index (κ1) is 22.6. The summed E-state index contributed by atoms with van der Waals surface area (Å²) in [7, 11) is 0. The summed E-state index contributed by atoms with van der Waals surface area (Å²) in [6, 6.07) is 6.04. The first-order chi connectivity index (χ1) is 13.4. The van der Waals surface area contributed by atoms with Gasteiger partial charge in [0.2, 0.25) is 0 Å². The van der Waals surface area contributed by atoms with Gasteiger partial charge in [-0.2, -0.15) is 5.10 Å². The number of nitrogens with two attached hydrogens (primary N) is 1. The summed E-state index contributed by atoms with van der Waals surface area (Å²) >= 11 is 3.42. The number of hydrogen-bond donors (Lipinski definition) is 2. The molecule has 6 heteroatoms. The minimum atomic E-state index is -0.244. The lowest BCUT2D eigenvalue weighted by Crippen LogP contribution is -2.27. The second-order valence-electron chi connectivity index (χ2n) is 7.77. The number of aromatic nitrogens is 3. The van der Waals surface area contributed by atoms with Gasteiger partial charge in [0.25, 0.3) is 0 Å². The summed E-state index contributed by atoms with van der Waals surface area (Å²) in [5, 5.41) is 7.07. The van der Waals surface area contributed by atoms with Gasteiger partial charge >= 0.3 is 0 Å². The van der Waals surface area contributed by atoms with Crippen molar-refractivity contribution >= 4 is 27.5 Å². The van der Waals surface area contributed by atoms with Crippen molar-refractivity contribution in [2.24, 2.45) is 5.41 Å². The molecule has 0 amide bonds. The first-order valence-electron chi connectivity index (χ1n) is 10.4. The Morgan fingerprint density at radius 1 is 1.21 bits per heavy atom. The van der Waals surface area contributed by atoms with Gasteiger partial charge in [0.05, 0.1) is 0 Å². The molecule has 1 unspecified atom stereocenters. The molecular weight excluding hydrogens is 416 g/mol. The van der Waals surface area contributed by atoms with Gasteiger partial charge in [-0.3, -0.25) is 9.89 Å². The molecule has 0 saturated heterocycles. The predicted molar refractivity (Wildman–Crippen MR) is 118 cm³/mol. The van der Waals surface area contributed by atoms with E-state index in [0.29, 0.717) is 24.4 Å². The molecule has 2 aromatic rings. The molecule has 2 heterocycles. The van der Waals surface area contributed by atoms with Crippen molar-refractivity contribution in [3.05, 3.63) is 39.8 Å². The molecule has 0 fully saturated rings. The average Bonchev–Trinajstić information content (AvgIpc) is 3.05. The lowest BCUT2D eigenvalue weighted by atomic mass is 9.76. The number of carbonyl (C=O) groups excluding carboxylic acids is 1. The number of H-pyrrole nitrogens is 1. The fourth-order valence-electron chi connectivity index (χ4n) is 3.66. The molecule has 2 rings (SSSR count). The van der Waals surface area contributed by atoms with Gasteiger partial charge < -0.3 is 5.73 Å². The molecule has 3 N–H and O–H groups in total. The molecule has 2 aromatic heterocycles. The lowest BCUT2D eigenvalue weighted by molar-refractivity contribution is -0.128. The van der Waals surface area contributed by atoms with Crippen LogP contribution in [0.2, 0.25) is 0 Å². The van der Waals surface area contributed by atoms with Gasteiger partial charge in [-0.15, -0.1) is 0 Å². The van der Waals surface area contributed by atoms with E-state index in [0.717, 1.165) is 66.5 Å². The largest absolute Gasteiger partial charge is 0.382 e. The quantitative estimate of drug-likeness (QED) is 0.334. The number of nitrogens with zero attached hydrogens (tertiary/aromatic N) is 2. The number of aryl methyl sites for hydroxylation is 2. The highest BCUT2D eigenvalue weighted by Crippen LogP contribution is 2.32. The van der Waals surface area contributed by atoms with Crippen molar-refractivity contribution in [2.75, 3.05) is 5.73 Å². The maximum Gasteiger partial charge on any atom is 0.148 e. The molecule has 0 saturated carbocycles. The van der Waals surface area contributed by atoms with Crippen molar-refractivity contribution in [3.8, 4) is 0 Å². The first-order valence-corrected chi connectivity index (χ1v) is 11.1. The lowest BCUT2D eigenvalue weighted by Gasteiger charge is -2.27. The minimum Gasteiger partial charge on any atom is -0.382 e. The van der Waals surface area contributed by atoms with Crippen LogP contribution in [-0.4, -0.2) is 21.0 Å².